The van der Waals surface area contributed by atoms with Gasteiger partial charge in [-0.25, -0.2) is 13.2 Å². The number of carbonyl (C=O) groups excluding carboxylic acids is 1. The van der Waals surface area contributed by atoms with Crippen molar-refractivity contribution in [1.82, 2.24) is 0 Å². The van der Waals surface area contributed by atoms with Gasteiger partial charge < -0.3 is 9.64 Å². The fraction of sp³-hybridized carbons (Fsp3) is 0.417. The van der Waals surface area contributed by atoms with Crippen LogP contribution >= 0.6 is 0 Å². The lowest BCUT2D eigenvalue weighted by Gasteiger charge is -2.31. The van der Waals surface area contributed by atoms with Crippen molar-refractivity contribution in [3.8, 4) is 6.07 Å². The molecule has 1 aliphatic carbocycles. The van der Waals surface area contributed by atoms with Crippen LogP contribution in [0.4, 0.5) is 11.4 Å². The summed E-state index contributed by atoms with van der Waals surface area (Å²) in [4.78, 5) is 14.3. The standard InChI is InChI=1S/C24H27N3O4S/c1-31-24(28)19-9-10-20(18-6-5-7-18)23(15-19)32(29,30)26-21-14-17(16-25)8-11-22(21)27-12-3-2-4-13-27/h8-11,14-15,18,26H,2-7,12-13H2,1H3. The molecule has 0 bridgehead atoms. The quantitative estimate of drug-likeness (QED) is 0.651. The molecule has 0 amide bonds. The molecule has 8 heteroatoms. The zero-order valence-corrected chi connectivity index (χ0v) is 19.0. The van der Waals surface area contributed by atoms with E-state index in [2.05, 4.69) is 15.7 Å². The first-order chi connectivity index (χ1) is 15.4. The number of nitrogens with zero attached hydrogens (tertiary/aromatic N) is 2. The summed E-state index contributed by atoms with van der Waals surface area (Å²) < 4.78 is 34.7. The number of rotatable bonds is 6. The van der Waals surface area contributed by atoms with Crippen LogP contribution in [0.25, 0.3) is 0 Å². The second-order valence-corrected chi connectivity index (χ2v) is 10.0. The Bertz CT molecular complexity index is 1160. The molecule has 1 saturated heterocycles. The van der Waals surface area contributed by atoms with E-state index in [-0.39, 0.29) is 16.4 Å². The Hall–Kier alpha value is -3.05. The van der Waals surface area contributed by atoms with Crippen molar-refractivity contribution in [2.75, 3.05) is 29.8 Å². The molecule has 0 unspecified atom stereocenters. The van der Waals surface area contributed by atoms with Crippen LogP contribution in [0.15, 0.2) is 41.3 Å². The lowest BCUT2D eigenvalue weighted by atomic mass is 9.80. The molecule has 32 heavy (non-hydrogen) atoms. The van der Waals surface area contributed by atoms with Crippen LogP contribution in [0, 0.1) is 11.3 Å². The van der Waals surface area contributed by atoms with Gasteiger partial charge in [0.1, 0.15) is 0 Å². The molecule has 4 rings (SSSR count). The van der Waals surface area contributed by atoms with Crippen LogP contribution in [-0.2, 0) is 14.8 Å². The van der Waals surface area contributed by atoms with E-state index in [1.165, 1.54) is 13.2 Å². The molecule has 1 N–H and O–H groups in total. The van der Waals surface area contributed by atoms with Gasteiger partial charge in [-0.1, -0.05) is 12.5 Å². The van der Waals surface area contributed by atoms with Crippen LogP contribution < -0.4 is 9.62 Å². The molecule has 0 aromatic heterocycles. The first kappa shape index (κ1) is 22.2. The van der Waals surface area contributed by atoms with Gasteiger partial charge in [0, 0.05) is 13.1 Å². The van der Waals surface area contributed by atoms with Gasteiger partial charge in [0.05, 0.1) is 40.6 Å². The summed E-state index contributed by atoms with van der Waals surface area (Å²) in [5, 5.41) is 9.37. The number of anilines is 2. The second kappa shape index (κ2) is 9.21. The largest absolute Gasteiger partial charge is 0.465 e. The molecule has 168 valence electrons. The summed E-state index contributed by atoms with van der Waals surface area (Å²) in [6.45, 7) is 1.68. The molecule has 2 aromatic rings. The number of piperidine rings is 1. The van der Waals surface area contributed by atoms with Gasteiger partial charge in [-0.2, -0.15) is 5.26 Å². The highest BCUT2D eigenvalue weighted by Gasteiger charge is 2.29. The summed E-state index contributed by atoms with van der Waals surface area (Å²) in [5.74, 6) is -0.428. The summed E-state index contributed by atoms with van der Waals surface area (Å²) in [7, 11) is -2.74. The molecule has 7 nitrogen and oxygen atoms in total. The molecule has 2 fully saturated rings. The summed E-state index contributed by atoms with van der Waals surface area (Å²) in [6, 6.07) is 11.9. The van der Waals surface area contributed by atoms with Crippen LogP contribution in [0.2, 0.25) is 0 Å². The first-order valence-electron chi connectivity index (χ1n) is 11.0. The highest BCUT2D eigenvalue weighted by Crippen LogP contribution is 2.40. The molecule has 0 spiro atoms. The highest BCUT2D eigenvalue weighted by molar-refractivity contribution is 7.92. The molecular formula is C24H27N3O4S. The first-order valence-corrected chi connectivity index (χ1v) is 12.5. The Morgan fingerprint density at radius 2 is 1.84 bits per heavy atom. The van der Waals surface area contributed by atoms with Gasteiger partial charge in [0.15, 0.2) is 0 Å². The van der Waals surface area contributed by atoms with Gasteiger partial charge in [0.2, 0.25) is 0 Å². The third-order valence-electron chi connectivity index (χ3n) is 6.34. The molecule has 1 saturated carbocycles. The molecule has 1 aliphatic heterocycles. The van der Waals surface area contributed by atoms with E-state index in [0.717, 1.165) is 57.3 Å². The number of benzene rings is 2. The average Bonchev–Trinajstić information content (AvgIpc) is 2.77. The number of hydrogen-bond donors (Lipinski definition) is 1. The van der Waals surface area contributed by atoms with E-state index in [9.17, 15) is 18.5 Å². The van der Waals surface area contributed by atoms with Crippen LogP contribution in [0.5, 0.6) is 0 Å². The Morgan fingerprint density at radius 3 is 2.47 bits per heavy atom. The van der Waals surface area contributed by atoms with Crippen molar-refractivity contribution >= 4 is 27.4 Å². The minimum atomic E-state index is -4.01. The van der Waals surface area contributed by atoms with Crippen molar-refractivity contribution < 1.29 is 17.9 Å². The van der Waals surface area contributed by atoms with Crippen molar-refractivity contribution in [1.29, 1.82) is 5.26 Å². The molecule has 1 heterocycles. The number of hydrogen-bond acceptors (Lipinski definition) is 6. The second-order valence-electron chi connectivity index (χ2n) is 8.37. The monoisotopic (exact) mass is 453 g/mol. The smallest absolute Gasteiger partial charge is 0.337 e. The molecule has 2 aliphatic rings. The minimum Gasteiger partial charge on any atom is -0.465 e. The van der Waals surface area contributed by atoms with E-state index in [1.54, 1.807) is 30.3 Å². The molecular weight excluding hydrogens is 426 g/mol. The lowest BCUT2D eigenvalue weighted by Crippen LogP contribution is -2.30. The maximum Gasteiger partial charge on any atom is 0.337 e. The van der Waals surface area contributed by atoms with Gasteiger partial charge in [-0.3, -0.25) is 4.72 Å². The summed E-state index contributed by atoms with van der Waals surface area (Å²) in [6.07, 6.45) is 6.13. The van der Waals surface area contributed by atoms with Crippen molar-refractivity contribution in [3.05, 3.63) is 53.1 Å². The van der Waals surface area contributed by atoms with E-state index in [4.69, 9.17) is 4.74 Å². The number of ether oxygens (including phenoxy) is 1. The number of methoxy groups -OCH3 is 1. The van der Waals surface area contributed by atoms with Crippen LogP contribution in [0.3, 0.4) is 0 Å². The number of carbonyl (C=O) groups is 1. The van der Waals surface area contributed by atoms with Gasteiger partial charge in [-0.05, 0) is 73.9 Å². The zero-order chi connectivity index (χ0) is 22.7. The summed E-state index contributed by atoms with van der Waals surface area (Å²) in [5.41, 5.74) is 2.44. The SMILES string of the molecule is COC(=O)c1ccc(C2CCC2)c(S(=O)(=O)Nc2cc(C#N)ccc2N2CCCCC2)c1. The van der Waals surface area contributed by atoms with Crippen molar-refractivity contribution in [3.63, 3.8) is 0 Å². The van der Waals surface area contributed by atoms with Gasteiger partial charge in [-0.15, -0.1) is 0 Å². The fourth-order valence-electron chi connectivity index (χ4n) is 4.37. The van der Waals surface area contributed by atoms with Crippen LogP contribution in [-0.4, -0.2) is 34.6 Å². The fourth-order valence-corrected chi connectivity index (χ4v) is 5.76. The van der Waals surface area contributed by atoms with Gasteiger partial charge in [0.25, 0.3) is 10.0 Å². The number of esters is 1. The van der Waals surface area contributed by atoms with Gasteiger partial charge >= 0.3 is 5.97 Å². The van der Waals surface area contributed by atoms with E-state index in [1.807, 2.05) is 0 Å². The highest BCUT2D eigenvalue weighted by atomic mass is 32.2. The molecule has 2 aromatic carbocycles. The third kappa shape index (κ3) is 4.44. The van der Waals surface area contributed by atoms with Crippen molar-refractivity contribution in [2.45, 2.75) is 49.3 Å². The number of nitrogens with one attached hydrogen (secondary N) is 1. The topological polar surface area (TPSA) is 99.5 Å². The lowest BCUT2D eigenvalue weighted by molar-refractivity contribution is 0.0600. The number of sulfonamides is 1. The van der Waals surface area contributed by atoms with E-state index >= 15 is 0 Å². The third-order valence-corrected chi connectivity index (χ3v) is 7.76. The van der Waals surface area contributed by atoms with Crippen LogP contribution in [0.1, 0.15) is 65.9 Å². The molecule has 0 radical (unpaired) electrons. The maximum atomic E-state index is 13.6. The molecule has 0 atom stereocenters. The maximum absolute atomic E-state index is 13.6. The van der Waals surface area contributed by atoms with E-state index < -0.39 is 16.0 Å². The predicted octanol–water partition coefficient (Wildman–Crippen LogP) is 4.40. The van der Waals surface area contributed by atoms with Crippen molar-refractivity contribution in [2.24, 2.45) is 0 Å². The van der Waals surface area contributed by atoms with E-state index in [0.29, 0.717) is 16.8 Å². The predicted molar refractivity (Wildman–Crippen MR) is 122 cm³/mol. The Balaban J connectivity index is 1.76. The normalized spacial score (nSPS) is 16.7. The summed E-state index contributed by atoms with van der Waals surface area (Å²) >= 11 is 0. The number of nitriles is 1. The Kier molecular flexibility index (Phi) is 6.38. The minimum absolute atomic E-state index is 0.0945. The average molecular weight is 454 g/mol. The zero-order valence-electron chi connectivity index (χ0n) is 18.1. The Morgan fingerprint density at radius 1 is 1.09 bits per heavy atom. The Labute approximate surface area is 189 Å².